The smallest absolute Gasteiger partial charge is 0.259 e. The van der Waals surface area contributed by atoms with Gasteiger partial charge in [0, 0.05) is 24.0 Å². The summed E-state index contributed by atoms with van der Waals surface area (Å²) in [5.41, 5.74) is 0.893. The van der Waals surface area contributed by atoms with Gasteiger partial charge in [0.1, 0.15) is 0 Å². The molecule has 1 heterocycles. The van der Waals surface area contributed by atoms with Crippen molar-refractivity contribution in [2.24, 2.45) is 0 Å². The molecule has 4 heteroatoms. The van der Waals surface area contributed by atoms with Crippen LogP contribution in [0.2, 0.25) is 0 Å². The first-order valence-corrected chi connectivity index (χ1v) is 7.99. The minimum absolute atomic E-state index is 0.0105. The summed E-state index contributed by atoms with van der Waals surface area (Å²) >= 11 is 0. The van der Waals surface area contributed by atoms with E-state index in [1.54, 1.807) is 4.57 Å². The lowest BCUT2D eigenvalue weighted by Gasteiger charge is -2.20. The van der Waals surface area contributed by atoms with E-state index < -0.39 is 6.29 Å². The lowest BCUT2D eigenvalue weighted by molar-refractivity contribution is -0.143. The molecular weight excluding hydrogens is 290 g/mol. The fraction of sp³-hybridized carbons (Fsp3) is 0.316. The standard InChI is InChI=1S/C19H21NO3/c1-3-22-18(23-4-2)13-20-17-12-8-7-10-15(17)14-9-5-6-11-16(14)19(20)21/h5-12,18H,3-4,13H2,1-2H3. The van der Waals surface area contributed by atoms with Gasteiger partial charge in [0.15, 0.2) is 6.29 Å². The first-order chi connectivity index (χ1) is 11.3. The quantitative estimate of drug-likeness (QED) is 0.516. The minimum Gasteiger partial charge on any atom is -0.351 e. The Bertz CT molecular complexity index is 863. The molecule has 0 aliphatic carbocycles. The van der Waals surface area contributed by atoms with Gasteiger partial charge < -0.3 is 14.0 Å². The lowest BCUT2D eigenvalue weighted by Crippen LogP contribution is -2.30. The van der Waals surface area contributed by atoms with E-state index in [9.17, 15) is 4.79 Å². The van der Waals surface area contributed by atoms with Gasteiger partial charge in [-0.05, 0) is 31.4 Å². The van der Waals surface area contributed by atoms with Gasteiger partial charge in [-0.3, -0.25) is 4.79 Å². The van der Waals surface area contributed by atoms with Crippen LogP contribution < -0.4 is 5.56 Å². The zero-order valence-electron chi connectivity index (χ0n) is 13.5. The Morgan fingerprint density at radius 3 is 2.09 bits per heavy atom. The molecule has 0 unspecified atom stereocenters. The lowest BCUT2D eigenvalue weighted by atomic mass is 10.1. The molecule has 0 N–H and O–H groups in total. The molecule has 0 bridgehead atoms. The number of fused-ring (bicyclic) bond motifs is 3. The van der Waals surface area contributed by atoms with Crippen molar-refractivity contribution < 1.29 is 9.47 Å². The third-order valence-electron chi connectivity index (χ3n) is 3.92. The Morgan fingerprint density at radius 2 is 1.43 bits per heavy atom. The van der Waals surface area contributed by atoms with Crippen molar-refractivity contribution in [2.75, 3.05) is 13.2 Å². The van der Waals surface area contributed by atoms with E-state index in [4.69, 9.17) is 9.47 Å². The van der Waals surface area contributed by atoms with Crippen LogP contribution >= 0.6 is 0 Å². The number of nitrogens with zero attached hydrogens (tertiary/aromatic N) is 1. The van der Waals surface area contributed by atoms with Crippen LogP contribution in [0.1, 0.15) is 13.8 Å². The number of hydrogen-bond acceptors (Lipinski definition) is 3. The van der Waals surface area contributed by atoms with Gasteiger partial charge in [-0.25, -0.2) is 0 Å². The molecule has 3 rings (SSSR count). The number of rotatable bonds is 6. The summed E-state index contributed by atoms with van der Waals surface area (Å²) < 4.78 is 13.0. The topological polar surface area (TPSA) is 40.5 Å². The summed E-state index contributed by atoms with van der Waals surface area (Å²) in [6, 6.07) is 15.7. The van der Waals surface area contributed by atoms with Crippen LogP contribution in [0.3, 0.4) is 0 Å². The molecule has 3 aromatic rings. The molecule has 0 atom stereocenters. The molecule has 1 aromatic heterocycles. The second-order valence-electron chi connectivity index (χ2n) is 5.32. The first kappa shape index (κ1) is 15.7. The van der Waals surface area contributed by atoms with Crippen LogP contribution in [0.15, 0.2) is 53.3 Å². The predicted molar refractivity (Wildman–Crippen MR) is 92.8 cm³/mol. The molecule has 120 valence electrons. The maximum atomic E-state index is 12.9. The summed E-state index contributed by atoms with van der Waals surface area (Å²) in [7, 11) is 0. The maximum Gasteiger partial charge on any atom is 0.259 e. The third kappa shape index (κ3) is 3.00. The Morgan fingerprint density at radius 1 is 0.870 bits per heavy atom. The summed E-state index contributed by atoms with van der Waals surface area (Å²) in [6.07, 6.45) is -0.424. The second-order valence-corrected chi connectivity index (χ2v) is 5.32. The van der Waals surface area contributed by atoms with Crippen LogP contribution in [0, 0.1) is 0 Å². The number of hydrogen-bond donors (Lipinski definition) is 0. The zero-order chi connectivity index (χ0) is 16.2. The van der Waals surface area contributed by atoms with Crippen LogP contribution in [0.4, 0.5) is 0 Å². The van der Waals surface area contributed by atoms with Crippen molar-refractivity contribution in [1.82, 2.24) is 4.57 Å². The van der Waals surface area contributed by atoms with E-state index in [0.29, 0.717) is 19.8 Å². The highest BCUT2D eigenvalue weighted by Crippen LogP contribution is 2.22. The van der Waals surface area contributed by atoms with E-state index in [2.05, 4.69) is 0 Å². The van der Waals surface area contributed by atoms with Crippen molar-refractivity contribution in [3.63, 3.8) is 0 Å². The third-order valence-corrected chi connectivity index (χ3v) is 3.92. The highest BCUT2D eigenvalue weighted by Gasteiger charge is 2.15. The van der Waals surface area contributed by atoms with E-state index >= 15 is 0 Å². The average Bonchev–Trinajstić information content (AvgIpc) is 2.59. The highest BCUT2D eigenvalue weighted by molar-refractivity contribution is 6.05. The van der Waals surface area contributed by atoms with Crippen LogP contribution in [-0.2, 0) is 16.0 Å². The van der Waals surface area contributed by atoms with Gasteiger partial charge in [0.25, 0.3) is 5.56 Å². The SMILES string of the molecule is CCOC(Cn1c(=O)c2ccccc2c2ccccc21)OCC. The average molecular weight is 311 g/mol. The van der Waals surface area contributed by atoms with Gasteiger partial charge in [0.2, 0.25) is 0 Å². The van der Waals surface area contributed by atoms with Crippen molar-refractivity contribution >= 4 is 21.7 Å². The zero-order valence-corrected chi connectivity index (χ0v) is 13.5. The van der Waals surface area contributed by atoms with Gasteiger partial charge >= 0.3 is 0 Å². The Balaban J connectivity index is 2.21. The molecule has 0 fully saturated rings. The van der Waals surface area contributed by atoms with Gasteiger partial charge in [-0.2, -0.15) is 0 Å². The summed E-state index contributed by atoms with van der Waals surface area (Å²) in [5.74, 6) is 0. The largest absolute Gasteiger partial charge is 0.351 e. The summed E-state index contributed by atoms with van der Waals surface area (Å²) in [6.45, 7) is 5.32. The number of para-hydroxylation sites is 1. The van der Waals surface area contributed by atoms with Crippen LogP contribution in [0.25, 0.3) is 21.7 Å². The van der Waals surface area contributed by atoms with E-state index in [-0.39, 0.29) is 5.56 Å². The fourth-order valence-corrected chi connectivity index (χ4v) is 2.95. The Labute approximate surface area is 135 Å². The van der Waals surface area contributed by atoms with Crippen molar-refractivity contribution in [2.45, 2.75) is 26.7 Å². The molecule has 0 spiro atoms. The van der Waals surface area contributed by atoms with Gasteiger partial charge in [0.05, 0.1) is 12.1 Å². The second kappa shape index (κ2) is 6.94. The molecule has 0 aliphatic heterocycles. The number of ether oxygens (including phenoxy) is 2. The van der Waals surface area contributed by atoms with E-state index in [1.165, 1.54) is 0 Å². The van der Waals surface area contributed by atoms with Gasteiger partial charge in [-0.1, -0.05) is 36.4 Å². The first-order valence-electron chi connectivity index (χ1n) is 7.99. The minimum atomic E-state index is -0.424. The predicted octanol–water partition coefficient (Wildman–Crippen LogP) is 3.55. The summed E-state index contributed by atoms with van der Waals surface area (Å²) in [5, 5.41) is 2.76. The molecule has 0 saturated heterocycles. The molecule has 0 saturated carbocycles. The van der Waals surface area contributed by atoms with Gasteiger partial charge in [-0.15, -0.1) is 0 Å². The summed E-state index contributed by atoms with van der Waals surface area (Å²) in [4.78, 5) is 12.9. The monoisotopic (exact) mass is 311 g/mol. The van der Waals surface area contributed by atoms with Crippen LogP contribution in [-0.4, -0.2) is 24.1 Å². The fourth-order valence-electron chi connectivity index (χ4n) is 2.95. The molecule has 0 amide bonds. The Kier molecular flexibility index (Phi) is 4.74. The van der Waals surface area contributed by atoms with E-state index in [1.807, 2.05) is 62.4 Å². The van der Waals surface area contributed by atoms with Crippen molar-refractivity contribution in [1.29, 1.82) is 0 Å². The molecular formula is C19H21NO3. The highest BCUT2D eigenvalue weighted by atomic mass is 16.7. The number of pyridine rings is 1. The van der Waals surface area contributed by atoms with Crippen molar-refractivity contribution in [3.8, 4) is 0 Å². The number of aromatic nitrogens is 1. The molecule has 0 aliphatic rings. The Hall–Kier alpha value is -2.17. The molecule has 2 aromatic carbocycles. The normalized spacial score (nSPS) is 11.6. The van der Waals surface area contributed by atoms with Crippen LogP contribution in [0.5, 0.6) is 0 Å². The maximum absolute atomic E-state index is 12.9. The molecule has 0 radical (unpaired) electrons. The van der Waals surface area contributed by atoms with E-state index in [0.717, 1.165) is 21.7 Å². The molecule has 23 heavy (non-hydrogen) atoms. The molecule has 4 nitrogen and oxygen atoms in total. The van der Waals surface area contributed by atoms with Crippen molar-refractivity contribution in [3.05, 3.63) is 58.9 Å². The number of benzene rings is 2.